The number of benzene rings is 3. The fraction of sp³-hybridized carbons (Fsp3) is 0.143. The quantitative estimate of drug-likeness (QED) is 0.316. The summed E-state index contributed by atoms with van der Waals surface area (Å²) in [6.45, 7) is 0.161. The molecule has 0 aliphatic rings. The van der Waals surface area contributed by atoms with Gasteiger partial charge in [-0.25, -0.2) is 4.79 Å². The molecular formula is C21H19NO3. The molecule has 0 amide bonds. The highest BCUT2D eigenvalue weighted by Gasteiger charge is 2.14. The van der Waals surface area contributed by atoms with Crippen LogP contribution in [0.15, 0.2) is 78.0 Å². The topological polar surface area (TPSA) is 58.9 Å². The maximum Gasteiger partial charge on any atom is 0.356 e. The Morgan fingerprint density at radius 3 is 2.36 bits per heavy atom. The lowest BCUT2D eigenvalue weighted by Gasteiger charge is -2.07. The van der Waals surface area contributed by atoms with Crippen LogP contribution < -0.4 is 0 Å². The smallest absolute Gasteiger partial charge is 0.356 e. The van der Waals surface area contributed by atoms with Gasteiger partial charge in [0.05, 0.1) is 0 Å². The predicted molar refractivity (Wildman–Crippen MR) is 97.7 cm³/mol. The Balaban J connectivity index is 1.58. The molecule has 0 atom stereocenters. The average molecular weight is 333 g/mol. The molecule has 25 heavy (non-hydrogen) atoms. The summed E-state index contributed by atoms with van der Waals surface area (Å²) < 4.78 is 5.21. The first-order valence-corrected chi connectivity index (χ1v) is 8.16. The van der Waals surface area contributed by atoms with E-state index in [0.717, 1.165) is 16.5 Å². The van der Waals surface area contributed by atoms with E-state index in [2.05, 4.69) is 17.3 Å². The van der Waals surface area contributed by atoms with Crippen LogP contribution in [0.4, 0.5) is 0 Å². The molecule has 0 aliphatic carbocycles. The third-order valence-electron chi connectivity index (χ3n) is 4.03. The molecule has 4 heteroatoms. The molecular weight excluding hydrogens is 314 g/mol. The molecule has 0 aliphatic heterocycles. The molecule has 0 spiro atoms. The predicted octanol–water partition coefficient (Wildman–Crippen LogP) is 4.35. The summed E-state index contributed by atoms with van der Waals surface area (Å²) >= 11 is 0. The SMILES string of the molecule is O=C(OCc1ccccc1)/C(CCc1ccc2ccccc2c1)=N\O. The van der Waals surface area contributed by atoms with Crippen molar-refractivity contribution in [1.29, 1.82) is 0 Å². The van der Waals surface area contributed by atoms with Crippen molar-refractivity contribution in [3.63, 3.8) is 0 Å². The number of hydrogen-bond donors (Lipinski definition) is 1. The molecule has 3 rings (SSSR count). The number of fused-ring (bicyclic) bond motifs is 1. The van der Waals surface area contributed by atoms with Gasteiger partial charge >= 0.3 is 5.97 Å². The van der Waals surface area contributed by atoms with Crippen molar-refractivity contribution in [2.75, 3.05) is 0 Å². The highest BCUT2D eigenvalue weighted by Crippen LogP contribution is 2.17. The Bertz CT molecular complexity index is 888. The van der Waals surface area contributed by atoms with Crippen LogP contribution in [0.3, 0.4) is 0 Å². The summed E-state index contributed by atoms with van der Waals surface area (Å²) in [5, 5.41) is 14.6. The van der Waals surface area contributed by atoms with Gasteiger partial charge in [0.1, 0.15) is 6.61 Å². The van der Waals surface area contributed by atoms with Gasteiger partial charge in [0.15, 0.2) is 5.71 Å². The van der Waals surface area contributed by atoms with E-state index in [9.17, 15) is 4.79 Å². The summed E-state index contributed by atoms with van der Waals surface area (Å²) in [5.74, 6) is -0.591. The summed E-state index contributed by atoms with van der Waals surface area (Å²) in [7, 11) is 0. The minimum atomic E-state index is -0.591. The van der Waals surface area contributed by atoms with Gasteiger partial charge in [-0.15, -0.1) is 0 Å². The third kappa shape index (κ3) is 4.44. The summed E-state index contributed by atoms with van der Waals surface area (Å²) in [6.07, 6.45) is 0.924. The lowest BCUT2D eigenvalue weighted by atomic mass is 10.0. The standard InChI is InChI=1S/C21H19NO3/c23-21(25-15-17-6-2-1-3-7-17)20(22-24)13-11-16-10-12-18-8-4-5-9-19(18)14-16/h1-10,12,14,24H,11,13,15H2/b22-20-. The molecule has 3 aromatic rings. The van der Waals surface area contributed by atoms with Crippen molar-refractivity contribution in [2.45, 2.75) is 19.4 Å². The second-order valence-corrected chi connectivity index (χ2v) is 5.79. The molecule has 0 radical (unpaired) electrons. The Labute approximate surface area is 146 Å². The molecule has 126 valence electrons. The number of esters is 1. The molecule has 0 heterocycles. The molecule has 0 bridgehead atoms. The number of hydrogen-bond acceptors (Lipinski definition) is 4. The molecule has 0 fully saturated rings. The minimum Gasteiger partial charge on any atom is -0.456 e. The largest absolute Gasteiger partial charge is 0.456 e. The molecule has 4 nitrogen and oxygen atoms in total. The van der Waals surface area contributed by atoms with Gasteiger partial charge in [-0.05, 0) is 28.3 Å². The van der Waals surface area contributed by atoms with E-state index in [1.807, 2.05) is 60.7 Å². The number of aryl methyl sites for hydroxylation is 1. The van der Waals surface area contributed by atoms with E-state index in [1.165, 1.54) is 5.39 Å². The normalized spacial score (nSPS) is 11.4. The summed E-state index contributed by atoms with van der Waals surface area (Å²) in [6, 6.07) is 23.7. The van der Waals surface area contributed by atoms with Crippen LogP contribution >= 0.6 is 0 Å². The zero-order valence-electron chi connectivity index (χ0n) is 13.8. The Kier molecular flexibility index (Phi) is 5.42. The second kappa shape index (κ2) is 8.11. The fourth-order valence-corrected chi connectivity index (χ4v) is 2.66. The molecule has 3 aromatic carbocycles. The molecule has 0 unspecified atom stereocenters. The first-order valence-electron chi connectivity index (χ1n) is 8.16. The van der Waals surface area contributed by atoms with Crippen LogP contribution in [0.2, 0.25) is 0 Å². The third-order valence-corrected chi connectivity index (χ3v) is 4.03. The Hall–Kier alpha value is -3.14. The van der Waals surface area contributed by atoms with E-state index in [-0.39, 0.29) is 12.3 Å². The molecule has 0 saturated heterocycles. The summed E-state index contributed by atoms with van der Waals surface area (Å²) in [5.41, 5.74) is 2.00. The lowest BCUT2D eigenvalue weighted by molar-refractivity contribution is -0.137. The molecule has 0 aromatic heterocycles. The Morgan fingerprint density at radius 1 is 0.880 bits per heavy atom. The van der Waals surface area contributed by atoms with Crippen LogP contribution in [-0.4, -0.2) is 16.9 Å². The monoisotopic (exact) mass is 333 g/mol. The van der Waals surface area contributed by atoms with Gasteiger partial charge in [0.2, 0.25) is 0 Å². The van der Waals surface area contributed by atoms with Gasteiger partial charge in [0.25, 0.3) is 0 Å². The van der Waals surface area contributed by atoms with Crippen molar-refractivity contribution in [3.8, 4) is 0 Å². The van der Waals surface area contributed by atoms with Crippen molar-refractivity contribution >= 4 is 22.5 Å². The highest BCUT2D eigenvalue weighted by molar-refractivity contribution is 6.36. The Morgan fingerprint density at radius 2 is 1.60 bits per heavy atom. The number of oxime groups is 1. The first-order chi connectivity index (χ1) is 12.3. The number of nitrogens with zero attached hydrogens (tertiary/aromatic N) is 1. The highest BCUT2D eigenvalue weighted by atomic mass is 16.5. The van der Waals surface area contributed by atoms with Crippen LogP contribution in [0.5, 0.6) is 0 Å². The van der Waals surface area contributed by atoms with E-state index in [1.54, 1.807) is 0 Å². The molecule has 1 N–H and O–H groups in total. The average Bonchev–Trinajstić information content (AvgIpc) is 2.67. The fourth-order valence-electron chi connectivity index (χ4n) is 2.66. The van der Waals surface area contributed by atoms with Gasteiger partial charge in [0, 0.05) is 6.42 Å². The van der Waals surface area contributed by atoms with E-state index >= 15 is 0 Å². The van der Waals surface area contributed by atoms with E-state index in [4.69, 9.17) is 9.94 Å². The maximum atomic E-state index is 12.1. The van der Waals surface area contributed by atoms with Gasteiger partial charge in [-0.2, -0.15) is 0 Å². The van der Waals surface area contributed by atoms with Crippen molar-refractivity contribution < 1.29 is 14.7 Å². The van der Waals surface area contributed by atoms with Gasteiger partial charge < -0.3 is 9.94 Å². The second-order valence-electron chi connectivity index (χ2n) is 5.79. The first kappa shape index (κ1) is 16.7. The van der Waals surface area contributed by atoms with Crippen LogP contribution in [0.25, 0.3) is 10.8 Å². The zero-order chi connectivity index (χ0) is 17.5. The van der Waals surface area contributed by atoms with E-state index < -0.39 is 5.97 Å². The van der Waals surface area contributed by atoms with Gasteiger partial charge in [-0.1, -0.05) is 78.0 Å². The van der Waals surface area contributed by atoms with Crippen LogP contribution in [0, 0.1) is 0 Å². The maximum absolute atomic E-state index is 12.1. The van der Waals surface area contributed by atoms with Gasteiger partial charge in [-0.3, -0.25) is 0 Å². The summed E-state index contributed by atoms with van der Waals surface area (Å²) in [4.78, 5) is 12.1. The van der Waals surface area contributed by atoms with Crippen molar-refractivity contribution in [2.24, 2.45) is 5.16 Å². The zero-order valence-corrected chi connectivity index (χ0v) is 13.8. The molecule has 0 saturated carbocycles. The number of carbonyl (C=O) groups excluding carboxylic acids is 1. The number of rotatable bonds is 6. The van der Waals surface area contributed by atoms with E-state index in [0.29, 0.717) is 12.8 Å². The lowest BCUT2D eigenvalue weighted by Crippen LogP contribution is -2.18. The van der Waals surface area contributed by atoms with Crippen LogP contribution in [-0.2, 0) is 22.6 Å². The van der Waals surface area contributed by atoms with Crippen molar-refractivity contribution in [1.82, 2.24) is 0 Å². The minimum absolute atomic E-state index is 0.0316. The number of carbonyl (C=O) groups is 1. The van der Waals surface area contributed by atoms with Crippen LogP contribution in [0.1, 0.15) is 17.5 Å². The van der Waals surface area contributed by atoms with Crippen molar-refractivity contribution in [3.05, 3.63) is 83.9 Å². The number of ether oxygens (including phenoxy) is 1.